The number of hydrogen-bond acceptors (Lipinski definition) is 2. The molecule has 0 aliphatic heterocycles. The van der Waals surface area contributed by atoms with Gasteiger partial charge >= 0.3 is 0 Å². The molecule has 1 saturated carbocycles. The molecular formula is C17H31N3. The first-order valence-corrected chi connectivity index (χ1v) is 8.61. The second kappa shape index (κ2) is 8.46. The number of aryl methyl sites for hydroxylation is 1. The maximum Gasteiger partial charge on any atom is 0.0556 e. The Morgan fingerprint density at radius 2 is 1.90 bits per heavy atom. The maximum absolute atomic E-state index is 4.52. The van der Waals surface area contributed by atoms with Gasteiger partial charge < -0.3 is 5.32 Å². The average molecular weight is 277 g/mol. The number of nitrogens with zero attached hydrogens (tertiary/aromatic N) is 2. The van der Waals surface area contributed by atoms with Gasteiger partial charge in [0.05, 0.1) is 11.7 Å². The third kappa shape index (κ3) is 4.08. The zero-order chi connectivity index (χ0) is 14.2. The van der Waals surface area contributed by atoms with Gasteiger partial charge in [-0.2, -0.15) is 5.10 Å². The molecule has 0 spiro atoms. The second-order valence-electron chi connectivity index (χ2n) is 6.12. The van der Waals surface area contributed by atoms with Crippen molar-refractivity contribution in [3.63, 3.8) is 0 Å². The van der Waals surface area contributed by atoms with Crippen LogP contribution < -0.4 is 5.32 Å². The minimum absolute atomic E-state index is 0.493. The molecule has 1 aromatic heterocycles. The summed E-state index contributed by atoms with van der Waals surface area (Å²) in [4.78, 5) is 0. The Morgan fingerprint density at radius 3 is 2.55 bits per heavy atom. The highest BCUT2D eigenvalue weighted by Gasteiger charge is 2.25. The first-order valence-electron chi connectivity index (χ1n) is 8.61. The smallest absolute Gasteiger partial charge is 0.0556 e. The van der Waals surface area contributed by atoms with E-state index in [0.717, 1.165) is 25.4 Å². The Bertz CT molecular complexity index is 364. The zero-order valence-corrected chi connectivity index (χ0v) is 13.3. The highest BCUT2D eigenvalue weighted by atomic mass is 15.3. The zero-order valence-electron chi connectivity index (χ0n) is 13.3. The summed E-state index contributed by atoms with van der Waals surface area (Å²) in [5.41, 5.74) is 1.40. The largest absolute Gasteiger partial charge is 0.309 e. The molecule has 0 radical (unpaired) electrons. The Morgan fingerprint density at radius 1 is 1.20 bits per heavy atom. The average Bonchev–Trinajstić information content (AvgIpc) is 2.85. The fourth-order valence-corrected chi connectivity index (χ4v) is 3.56. The standard InChI is InChI=1S/C17H31N3/c1-3-14-20-16(12-13-19-20)17(18-4-2)15-10-8-6-5-7-9-11-15/h12-13,15,17-18H,3-11,14H2,1-2H3. The molecule has 20 heavy (non-hydrogen) atoms. The topological polar surface area (TPSA) is 29.9 Å². The third-order valence-electron chi connectivity index (χ3n) is 4.55. The van der Waals surface area contributed by atoms with Gasteiger partial charge in [-0.1, -0.05) is 46.0 Å². The third-order valence-corrected chi connectivity index (χ3v) is 4.55. The van der Waals surface area contributed by atoms with Gasteiger partial charge in [0.15, 0.2) is 0 Å². The summed E-state index contributed by atoms with van der Waals surface area (Å²) in [5, 5.41) is 8.26. The van der Waals surface area contributed by atoms with Gasteiger partial charge in [0.1, 0.15) is 0 Å². The minimum atomic E-state index is 0.493. The van der Waals surface area contributed by atoms with Crippen LogP contribution in [-0.2, 0) is 6.54 Å². The van der Waals surface area contributed by atoms with Crippen LogP contribution in [0.1, 0.15) is 76.9 Å². The number of aromatic nitrogens is 2. The molecule has 1 aliphatic carbocycles. The molecule has 0 bridgehead atoms. The summed E-state index contributed by atoms with van der Waals surface area (Å²) in [7, 11) is 0. The first kappa shape index (κ1) is 15.6. The molecule has 1 heterocycles. The fourth-order valence-electron chi connectivity index (χ4n) is 3.56. The predicted molar refractivity (Wildman–Crippen MR) is 84.7 cm³/mol. The van der Waals surface area contributed by atoms with Crippen molar-refractivity contribution in [1.29, 1.82) is 0 Å². The van der Waals surface area contributed by atoms with Gasteiger partial charge in [0, 0.05) is 12.7 Å². The molecule has 1 aromatic rings. The minimum Gasteiger partial charge on any atom is -0.309 e. The van der Waals surface area contributed by atoms with Crippen molar-refractivity contribution < 1.29 is 0 Å². The molecule has 1 aliphatic rings. The van der Waals surface area contributed by atoms with Crippen LogP contribution in [0.25, 0.3) is 0 Å². The van der Waals surface area contributed by atoms with Gasteiger partial charge in [0.2, 0.25) is 0 Å². The van der Waals surface area contributed by atoms with E-state index in [1.807, 2.05) is 6.20 Å². The summed E-state index contributed by atoms with van der Waals surface area (Å²) in [6, 6.07) is 2.72. The van der Waals surface area contributed by atoms with Gasteiger partial charge in [-0.3, -0.25) is 4.68 Å². The Labute approximate surface area is 124 Å². The highest BCUT2D eigenvalue weighted by molar-refractivity contribution is 5.09. The van der Waals surface area contributed by atoms with Crippen molar-refractivity contribution in [3.05, 3.63) is 18.0 Å². The fraction of sp³-hybridized carbons (Fsp3) is 0.824. The van der Waals surface area contributed by atoms with E-state index in [-0.39, 0.29) is 0 Å². The van der Waals surface area contributed by atoms with E-state index in [2.05, 4.69) is 35.0 Å². The maximum atomic E-state index is 4.52. The summed E-state index contributed by atoms with van der Waals surface area (Å²) in [6.45, 7) is 6.52. The van der Waals surface area contributed by atoms with Crippen molar-refractivity contribution in [2.75, 3.05) is 6.54 Å². The van der Waals surface area contributed by atoms with Crippen LogP contribution in [0.15, 0.2) is 12.3 Å². The molecule has 3 nitrogen and oxygen atoms in total. The van der Waals surface area contributed by atoms with Crippen LogP contribution in [0, 0.1) is 5.92 Å². The Balaban J connectivity index is 2.13. The molecule has 0 saturated heterocycles. The van der Waals surface area contributed by atoms with Crippen LogP contribution in [-0.4, -0.2) is 16.3 Å². The summed E-state index contributed by atoms with van der Waals surface area (Å²) >= 11 is 0. The van der Waals surface area contributed by atoms with E-state index in [1.165, 1.54) is 50.6 Å². The molecule has 1 N–H and O–H groups in total. The molecule has 1 unspecified atom stereocenters. The predicted octanol–water partition coefficient (Wildman–Crippen LogP) is 4.30. The molecule has 2 rings (SSSR count). The van der Waals surface area contributed by atoms with Gasteiger partial charge in [-0.15, -0.1) is 0 Å². The van der Waals surface area contributed by atoms with E-state index < -0.39 is 0 Å². The lowest BCUT2D eigenvalue weighted by molar-refractivity contribution is 0.279. The monoisotopic (exact) mass is 277 g/mol. The molecule has 3 heteroatoms. The van der Waals surface area contributed by atoms with Gasteiger partial charge in [0.25, 0.3) is 0 Å². The summed E-state index contributed by atoms with van der Waals surface area (Å²) in [5.74, 6) is 0.780. The van der Waals surface area contributed by atoms with Crippen LogP contribution in [0.5, 0.6) is 0 Å². The van der Waals surface area contributed by atoms with E-state index in [1.54, 1.807) is 0 Å². The molecule has 114 valence electrons. The quantitative estimate of drug-likeness (QED) is 0.840. The first-order chi connectivity index (χ1) is 9.86. The highest BCUT2D eigenvalue weighted by Crippen LogP contribution is 2.32. The summed E-state index contributed by atoms with van der Waals surface area (Å²) in [6.07, 6.45) is 12.9. The van der Waals surface area contributed by atoms with Crippen LogP contribution in [0.4, 0.5) is 0 Å². The molecular weight excluding hydrogens is 246 g/mol. The van der Waals surface area contributed by atoms with Crippen molar-refractivity contribution >= 4 is 0 Å². The number of rotatable bonds is 6. The number of hydrogen-bond donors (Lipinski definition) is 1. The van der Waals surface area contributed by atoms with Crippen molar-refractivity contribution in [3.8, 4) is 0 Å². The van der Waals surface area contributed by atoms with Crippen molar-refractivity contribution in [2.45, 2.75) is 77.8 Å². The lowest BCUT2D eigenvalue weighted by Gasteiger charge is -2.30. The number of nitrogens with one attached hydrogen (secondary N) is 1. The molecule has 0 aromatic carbocycles. The summed E-state index contributed by atoms with van der Waals surface area (Å²) < 4.78 is 2.21. The molecule has 0 amide bonds. The van der Waals surface area contributed by atoms with Crippen LogP contribution in [0.2, 0.25) is 0 Å². The molecule has 1 fully saturated rings. The van der Waals surface area contributed by atoms with Crippen molar-refractivity contribution in [2.24, 2.45) is 5.92 Å². The van der Waals surface area contributed by atoms with E-state index in [0.29, 0.717) is 6.04 Å². The van der Waals surface area contributed by atoms with Gasteiger partial charge in [-0.25, -0.2) is 0 Å². The van der Waals surface area contributed by atoms with Crippen LogP contribution >= 0.6 is 0 Å². The van der Waals surface area contributed by atoms with E-state index >= 15 is 0 Å². The van der Waals surface area contributed by atoms with Gasteiger partial charge in [-0.05, 0) is 37.8 Å². The van der Waals surface area contributed by atoms with E-state index in [9.17, 15) is 0 Å². The normalized spacial score (nSPS) is 19.5. The lowest BCUT2D eigenvalue weighted by atomic mass is 9.84. The Kier molecular flexibility index (Phi) is 6.58. The van der Waals surface area contributed by atoms with E-state index in [4.69, 9.17) is 0 Å². The van der Waals surface area contributed by atoms with Crippen LogP contribution in [0.3, 0.4) is 0 Å². The SMILES string of the molecule is CCCn1nccc1C(NCC)C1CCCCCCC1. The lowest BCUT2D eigenvalue weighted by Crippen LogP contribution is -2.31. The Hall–Kier alpha value is -0.830. The second-order valence-corrected chi connectivity index (χ2v) is 6.12. The van der Waals surface area contributed by atoms with Crippen molar-refractivity contribution in [1.82, 2.24) is 15.1 Å². The molecule has 1 atom stereocenters.